The molecule has 0 fully saturated rings. The summed E-state index contributed by atoms with van der Waals surface area (Å²) < 4.78 is 0. The molecule has 2 heterocycles. The lowest BCUT2D eigenvalue weighted by Crippen LogP contribution is -2.29. The molecule has 0 radical (unpaired) electrons. The number of amides is 1. The molecule has 0 spiro atoms. The van der Waals surface area contributed by atoms with E-state index in [0.717, 1.165) is 37.3 Å². The maximum absolute atomic E-state index is 12.4. The van der Waals surface area contributed by atoms with E-state index in [-0.39, 0.29) is 5.91 Å². The van der Waals surface area contributed by atoms with Crippen LogP contribution in [0.4, 0.5) is 5.13 Å². The van der Waals surface area contributed by atoms with Crippen LogP contribution in [0.25, 0.3) is 0 Å². The maximum atomic E-state index is 12.4. The fraction of sp³-hybridized carbons (Fsp3) is 0.238. The van der Waals surface area contributed by atoms with Gasteiger partial charge in [-0.15, -0.1) is 11.3 Å². The lowest BCUT2D eigenvalue weighted by atomic mass is 10.1. The van der Waals surface area contributed by atoms with Gasteiger partial charge in [-0.25, -0.2) is 4.98 Å². The summed E-state index contributed by atoms with van der Waals surface area (Å²) in [4.78, 5) is 20.7. The summed E-state index contributed by atoms with van der Waals surface area (Å²) in [5.41, 5.74) is 4.26. The van der Waals surface area contributed by atoms with Gasteiger partial charge in [0.05, 0.1) is 5.69 Å². The van der Waals surface area contributed by atoms with Crippen molar-refractivity contribution in [2.75, 3.05) is 11.9 Å². The average molecular weight is 363 g/mol. The molecule has 0 saturated heterocycles. The second-order valence-corrected chi connectivity index (χ2v) is 7.74. The van der Waals surface area contributed by atoms with E-state index in [1.54, 1.807) is 11.3 Å². The summed E-state index contributed by atoms with van der Waals surface area (Å²) in [6, 6.07) is 18.1. The van der Waals surface area contributed by atoms with Crippen LogP contribution in [0.5, 0.6) is 0 Å². The topological polar surface area (TPSA) is 45.2 Å². The zero-order valence-corrected chi connectivity index (χ0v) is 15.6. The minimum Gasteiger partial charge on any atom is -0.298 e. The SMILES string of the molecule is Cc1ccc(C(=O)Nc2nc3c(s2)CN(Cc2ccccc2)CC3)cc1. The third kappa shape index (κ3) is 3.84. The van der Waals surface area contributed by atoms with Gasteiger partial charge in [-0.3, -0.25) is 15.0 Å². The molecule has 2 aromatic carbocycles. The molecule has 0 bridgehead atoms. The van der Waals surface area contributed by atoms with Gasteiger partial charge in [0.1, 0.15) is 0 Å². The molecule has 132 valence electrons. The first-order valence-electron chi connectivity index (χ1n) is 8.80. The quantitative estimate of drug-likeness (QED) is 0.753. The zero-order chi connectivity index (χ0) is 17.9. The highest BCUT2D eigenvalue weighted by molar-refractivity contribution is 7.15. The molecule has 4 rings (SSSR count). The third-order valence-electron chi connectivity index (χ3n) is 4.59. The Kier molecular flexibility index (Phi) is 4.82. The first kappa shape index (κ1) is 16.9. The van der Waals surface area contributed by atoms with E-state index in [4.69, 9.17) is 0 Å². The van der Waals surface area contributed by atoms with Gasteiger partial charge in [0.2, 0.25) is 0 Å². The van der Waals surface area contributed by atoms with Crippen molar-refractivity contribution in [2.24, 2.45) is 0 Å². The number of aromatic nitrogens is 1. The monoisotopic (exact) mass is 363 g/mol. The van der Waals surface area contributed by atoms with Gasteiger partial charge in [0.25, 0.3) is 5.91 Å². The molecule has 0 unspecified atom stereocenters. The Morgan fingerprint density at radius 2 is 1.92 bits per heavy atom. The Morgan fingerprint density at radius 3 is 2.69 bits per heavy atom. The van der Waals surface area contributed by atoms with Crippen molar-refractivity contribution >= 4 is 22.4 Å². The number of hydrogen-bond acceptors (Lipinski definition) is 4. The average Bonchev–Trinajstić information content (AvgIpc) is 3.04. The summed E-state index contributed by atoms with van der Waals surface area (Å²) in [6.07, 6.45) is 0.930. The van der Waals surface area contributed by atoms with Crippen LogP contribution in [0.2, 0.25) is 0 Å². The number of carbonyl (C=O) groups is 1. The van der Waals surface area contributed by atoms with Gasteiger partial charge in [-0.2, -0.15) is 0 Å². The normalized spacial score (nSPS) is 14.0. The number of nitrogens with one attached hydrogen (secondary N) is 1. The largest absolute Gasteiger partial charge is 0.298 e. The molecule has 4 nitrogen and oxygen atoms in total. The Balaban J connectivity index is 1.42. The Labute approximate surface area is 157 Å². The number of fused-ring (bicyclic) bond motifs is 1. The number of thiazole rings is 1. The fourth-order valence-corrected chi connectivity index (χ4v) is 4.20. The predicted octanol–water partition coefficient (Wildman–Crippen LogP) is 4.26. The van der Waals surface area contributed by atoms with Gasteiger partial charge in [-0.1, -0.05) is 48.0 Å². The lowest BCUT2D eigenvalue weighted by Gasteiger charge is -2.25. The van der Waals surface area contributed by atoms with Crippen molar-refractivity contribution in [2.45, 2.75) is 26.4 Å². The molecule has 1 N–H and O–H groups in total. The summed E-state index contributed by atoms with van der Waals surface area (Å²) in [7, 11) is 0. The minimum atomic E-state index is -0.0998. The van der Waals surface area contributed by atoms with Gasteiger partial charge in [-0.05, 0) is 24.6 Å². The smallest absolute Gasteiger partial charge is 0.257 e. The summed E-state index contributed by atoms with van der Waals surface area (Å²) >= 11 is 1.59. The summed E-state index contributed by atoms with van der Waals surface area (Å²) in [6.45, 7) is 4.85. The molecule has 3 aromatic rings. The van der Waals surface area contributed by atoms with Gasteiger partial charge < -0.3 is 0 Å². The van der Waals surface area contributed by atoms with Crippen LogP contribution < -0.4 is 5.32 Å². The van der Waals surface area contributed by atoms with E-state index in [1.807, 2.05) is 37.3 Å². The zero-order valence-electron chi connectivity index (χ0n) is 14.7. The maximum Gasteiger partial charge on any atom is 0.257 e. The number of anilines is 1. The highest BCUT2D eigenvalue weighted by Crippen LogP contribution is 2.29. The first-order valence-corrected chi connectivity index (χ1v) is 9.62. The minimum absolute atomic E-state index is 0.0998. The number of benzene rings is 2. The van der Waals surface area contributed by atoms with E-state index in [9.17, 15) is 4.79 Å². The van der Waals surface area contributed by atoms with Crippen molar-refractivity contribution in [1.29, 1.82) is 0 Å². The van der Waals surface area contributed by atoms with E-state index >= 15 is 0 Å². The Morgan fingerprint density at radius 1 is 1.15 bits per heavy atom. The van der Waals surface area contributed by atoms with Crippen LogP contribution in [-0.2, 0) is 19.5 Å². The van der Waals surface area contributed by atoms with E-state index in [1.165, 1.54) is 10.4 Å². The summed E-state index contributed by atoms with van der Waals surface area (Å²) in [5.74, 6) is -0.0998. The molecular weight excluding hydrogens is 342 g/mol. The molecule has 1 aliphatic heterocycles. The number of hydrogen-bond donors (Lipinski definition) is 1. The second kappa shape index (κ2) is 7.40. The number of carbonyl (C=O) groups excluding carboxylic acids is 1. The van der Waals surface area contributed by atoms with Crippen molar-refractivity contribution in [3.8, 4) is 0 Å². The number of nitrogens with zero attached hydrogens (tertiary/aromatic N) is 2. The van der Waals surface area contributed by atoms with E-state index < -0.39 is 0 Å². The van der Waals surface area contributed by atoms with Crippen molar-refractivity contribution in [3.05, 3.63) is 81.9 Å². The van der Waals surface area contributed by atoms with Crippen LogP contribution in [-0.4, -0.2) is 22.3 Å². The summed E-state index contributed by atoms with van der Waals surface area (Å²) in [5, 5.41) is 3.65. The van der Waals surface area contributed by atoms with E-state index in [0.29, 0.717) is 10.7 Å². The predicted molar refractivity (Wildman–Crippen MR) is 106 cm³/mol. The molecule has 1 aliphatic rings. The van der Waals surface area contributed by atoms with Crippen LogP contribution in [0.15, 0.2) is 54.6 Å². The molecule has 1 aromatic heterocycles. The molecule has 1 amide bonds. The van der Waals surface area contributed by atoms with Gasteiger partial charge in [0, 0.05) is 36.5 Å². The molecule has 0 saturated carbocycles. The van der Waals surface area contributed by atoms with Crippen LogP contribution in [0.3, 0.4) is 0 Å². The highest BCUT2D eigenvalue weighted by Gasteiger charge is 2.21. The van der Waals surface area contributed by atoms with Crippen LogP contribution in [0, 0.1) is 6.92 Å². The number of rotatable bonds is 4. The molecule has 26 heavy (non-hydrogen) atoms. The molecule has 5 heteroatoms. The molecule has 0 aliphatic carbocycles. The van der Waals surface area contributed by atoms with Crippen LogP contribution >= 0.6 is 11.3 Å². The van der Waals surface area contributed by atoms with Gasteiger partial charge >= 0.3 is 0 Å². The molecular formula is C21H21N3OS. The Bertz CT molecular complexity index is 903. The van der Waals surface area contributed by atoms with Gasteiger partial charge in [0.15, 0.2) is 5.13 Å². The lowest BCUT2D eigenvalue weighted by molar-refractivity contribution is 0.102. The molecule has 0 atom stereocenters. The van der Waals surface area contributed by atoms with Crippen molar-refractivity contribution in [1.82, 2.24) is 9.88 Å². The first-order chi connectivity index (χ1) is 12.7. The van der Waals surface area contributed by atoms with Crippen molar-refractivity contribution < 1.29 is 4.79 Å². The van der Waals surface area contributed by atoms with Crippen molar-refractivity contribution in [3.63, 3.8) is 0 Å². The Hall–Kier alpha value is -2.50. The van der Waals surface area contributed by atoms with E-state index in [2.05, 4.69) is 39.5 Å². The highest BCUT2D eigenvalue weighted by atomic mass is 32.1. The standard InChI is InChI=1S/C21H21N3OS/c1-15-7-9-17(10-8-15)20(25)23-21-22-18-11-12-24(14-19(18)26-21)13-16-5-3-2-4-6-16/h2-10H,11-14H2,1H3,(H,22,23,25). The fourth-order valence-electron chi connectivity index (χ4n) is 3.15. The van der Waals surface area contributed by atoms with Crippen LogP contribution in [0.1, 0.15) is 32.1 Å². The second-order valence-electron chi connectivity index (χ2n) is 6.66. The number of aryl methyl sites for hydroxylation is 1. The third-order valence-corrected chi connectivity index (χ3v) is 5.59.